The van der Waals surface area contributed by atoms with Gasteiger partial charge in [0.25, 0.3) is 0 Å². The maximum absolute atomic E-state index is 9.32. The fourth-order valence-corrected chi connectivity index (χ4v) is 7.55. The average Bonchev–Trinajstić information content (AvgIpc) is 3.60. The molecule has 0 saturated carbocycles. The Hall–Kier alpha value is -5.41. The molecule has 0 spiro atoms. The SMILES string of the molecule is N#Cc1ccc(C(NCc2cccc(-n3c4ccccc4c4cc5sc6ccccc6c5cc43)c2)c2ccccc2N)cc1. The van der Waals surface area contributed by atoms with Gasteiger partial charge < -0.3 is 15.6 Å². The molecule has 3 N–H and O–H groups in total. The first-order chi connectivity index (χ1) is 21.7. The summed E-state index contributed by atoms with van der Waals surface area (Å²) >= 11 is 1.86. The van der Waals surface area contributed by atoms with Gasteiger partial charge in [0, 0.05) is 48.9 Å². The molecule has 8 aromatic rings. The minimum atomic E-state index is -0.124. The molecule has 0 bridgehead atoms. The standard InChI is InChI=1S/C39H28N4S/c40-23-25-16-18-27(19-17-25)39(31-12-1-4-13-34(31)41)42-24-26-8-7-9-28(20-26)43-35-14-5-2-10-29(35)32-22-38-33(21-36(32)43)30-11-3-6-15-37(30)44-38/h1-22,39,42H,24,41H2. The molecule has 4 nitrogen and oxygen atoms in total. The molecule has 0 aliphatic rings. The molecular weight excluding hydrogens is 557 g/mol. The highest BCUT2D eigenvalue weighted by Crippen LogP contribution is 2.40. The minimum Gasteiger partial charge on any atom is -0.398 e. The molecule has 8 rings (SSSR count). The lowest BCUT2D eigenvalue weighted by atomic mass is 9.96. The van der Waals surface area contributed by atoms with Gasteiger partial charge in [-0.2, -0.15) is 5.26 Å². The lowest BCUT2D eigenvalue weighted by Crippen LogP contribution is -2.23. The van der Waals surface area contributed by atoms with Gasteiger partial charge in [0.1, 0.15) is 0 Å². The van der Waals surface area contributed by atoms with Crippen LogP contribution in [0.2, 0.25) is 0 Å². The highest BCUT2D eigenvalue weighted by molar-refractivity contribution is 7.25. The van der Waals surface area contributed by atoms with Crippen molar-refractivity contribution in [3.63, 3.8) is 0 Å². The zero-order valence-electron chi connectivity index (χ0n) is 23.9. The first-order valence-corrected chi connectivity index (χ1v) is 15.5. The zero-order chi connectivity index (χ0) is 29.6. The first-order valence-electron chi connectivity index (χ1n) is 14.7. The Balaban J connectivity index is 1.21. The molecule has 1 atom stereocenters. The summed E-state index contributed by atoms with van der Waals surface area (Å²) in [5.41, 5.74) is 14.6. The van der Waals surface area contributed by atoms with Crippen LogP contribution in [0.4, 0.5) is 5.69 Å². The number of nitrogens with one attached hydrogen (secondary N) is 1. The lowest BCUT2D eigenvalue weighted by Gasteiger charge is -2.22. The third kappa shape index (κ3) is 4.40. The van der Waals surface area contributed by atoms with E-state index in [1.807, 2.05) is 53.8 Å². The second-order valence-electron chi connectivity index (χ2n) is 11.2. The maximum Gasteiger partial charge on any atom is 0.0991 e. The number of para-hydroxylation sites is 2. The van der Waals surface area contributed by atoms with E-state index in [2.05, 4.69) is 107 Å². The van der Waals surface area contributed by atoms with E-state index in [9.17, 15) is 5.26 Å². The molecule has 210 valence electrons. The van der Waals surface area contributed by atoms with Crippen molar-refractivity contribution < 1.29 is 0 Å². The van der Waals surface area contributed by atoms with Gasteiger partial charge in [-0.15, -0.1) is 11.3 Å². The van der Waals surface area contributed by atoms with Crippen LogP contribution in [0.25, 0.3) is 47.7 Å². The Morgan fingerprint density at radius 3 is 2.30 bits per heavy atom. The molecule has 0 fully saturated rings. The van der Waals surface area contributed by atoms with E-state index in [0.29, 0.717) is 12.1 Å². The highest BCUT2D eigenvalue weighted by Gasteiger charge is 2.18. The predicted octanol–water partition coefficient (Wildman–Crippen LogP) is 9.48. The van der Waals surface area contributed by atoms with Gasteiger partial charge in [-0.3, -0.25) is 0 Å². The number of fused-ring (bicyclic) bond motifs is 6. The second-order valence-corrected chi connectivity index (χ2v) is 12.2. The molecule has 0 aliphatic heterocycles. The molecule has 2 heterocycles. The number of nitrogens with two attached hydrogens (primary N) is 1. The molecule has 0 aliphatic carbocycles. The number of benzene rings is 6. The van der Waals surface area contributed by atoms with Crippen LogP contribution in [0.15, 0.2) is 133 Å². The lowest BCUT2D eigenvalue weighted by molar-refractivity contribution is 0.606. The van der Waals surface area contributed by atoms with E-state index < -0.39 is 0 Å². The molecule has 6 aromatic carbocycles. The molecule has 0 amide bonds. The fourth-order valence-electron chi connectivity index (χ4n) is 6.42. The molecule has 5 heteroatoms. The number of nitriles is 1. The van der Waals surface area contributed by atoms with E-state index in [0.717, 1.165) is 22.5 Å². The normalized spacial score (nSPS) is 12.2. The van der Waals surface area contributed by atoms with E-state index in [1.54, 1.807) is 0 Å². The summed E-state index contributed by atoms with van der Waals surface area (Å²) in [6.07, 6.45) is 0. The molecule has 44 heavy (non-hydrogen) atoms. The predicted molar refractivity (Wildman–Crippen MR) is 184 cm³/mol. The summed E-state index contributed by atoms with van der Waals surface area (Å²) in [4.78, 5) is 0. The highest BCUT2D eigenvalue weighted by atomic mass is 32.1. The van der Waals surface area contributed by atoms with Crippen LogP contribution in [0.5, 0.6) is 0 Å². The topological polar surface area (TPSA) is 66.8 Å². The number of nitrogen functional groups attached to an aromatic ring is 1. The zero-order valence-corrected chi connectivity index (χ0v) is 24.7. The third-order valence-electron chi connectivity index (χ3n) is 8.53. The van der Waals surface area contributed by atoms with Crippen molar-refractivity contribution in [3.05, 3.63) is 156 Å². The summed E-state index contributed by atoms with van der Waals surface area (Å²) in [5.74, 6) is 0. The van der Waals surface area contributed by atoms with Crippen molar-refractivity contribution in [2.24, 2.45) is 0 Å². The van der Waals surface area contributed by atoms with E-state index in [1.165, 1.54) is 47.5 Å². The number of nitrogens with zero attached hydrogens (tertiary/aromatic N) is 2. The van der Waals surface area contributed by atoms with Gasteiger partial charge in [0.2, 0.25) is 0 Å². The summed E-state index contributed by atoms with van der Waals surface area (Å²) in [6.45, 7) is 0.642. The van der Waals surface area contributed by atoms with Crippen molar-refractivity contribution in [2.45, 2.75) is 12.6 Å². The molecule has 0 saturated heterocycles. The number of hydrogen-bond acceptors (Lipinski definition) is 4. The van der Waals surface area contributed by atoms with E-state index in [-0.39, 0.29) is 6.04 Å². The number of rotatable bonds is 6. The van der Waals surface area contributed by atoms with Gasteiger partial charge in [-0.25, -0.2) is 0 Å². The second kappa shape index (κ2) is 10.7. The van der Waals surface area contributed by atoms with Crippen molar-refractivity contribution >= 4 is 59.0 Å². The number of aromatic nitrogens is 1. The van der Waals surface area contributed by atoms with Crippen LogP contribution in [0, 0.1) is 11.3 Å². The molecule has 2 aromatic heterocycles. The van der Waals surface area contributed by atoms with Crippen LogP contribution < -0.4 is 11.1 Å². The summed E-state index contributed by atoms with van der Waals surface area (Å²) in [7, 11) is 0. The average molecular weight is 585 g/mol. The molecule has 0 radical (unpaired) electrons. The largest absolute Gasteiger partial charge is 0.398 e. The van der Waals surface area contributed by atoms with Crippen LogP contribution in [0.1, 0.15) is 28.3 Å². The molecule has 1 unspecified atom stereocenters. The number of anilines is 1. The van der Waals surface area contributed by atoms with Crippen LogP contribution in [0.3, 0.4) is 0 Å². The van der Waals surface area contributed by atoms with Crippen molar-refractivity contribution in [3.8, 4) is 11.8 Å². The Labute approximate surface area is 259 Å². The first kappa shape index (κ1) is 26.2. The quantitative estimate of drug-likeness (QED) is 0.191. The van der Waals surface area contributed by atoms with Gasteiger partial charge in [0.05, 0.1) is 28.7 Å². The summed E-state index contributed by atoms with van der Waals surface area (Å²) < 4.78 is 5.02. The van der Waals surface area contributed by atoms with Gasteiger partial charge >= 0.3 is 0 Å². The number of hydrogen-bond donors (Lipinski definition) is 2. The summed E-state index contributed by atoms with van der Waals surface area (Å²) in [6, 6.07) is 48.7. The summed E-state index contributed by atoms with van der Waals surface area (Å²) in [5, 5.41) is 18.2. The Bertz CT molecular complexity index is 2370. The smallest absolute Gasteiger partial charge is 0.0991 e. The van der Waals surface area contributed by atoms with E-state index >= 15 is 0 Å². The van der Waals surface area contributed by atoms with Crippen LogP contribution >= 0.6 is 11.3 Å². The van der Waals surface area contributed by atoms with Crippen LogP contribution in [-0.2, 0) is 6.54 Å². The van der Waals surface area contributed by atoms with Crippen LogP contribution in [-0.4, -0.2) is 4.57 Å². The van der Waals surface area contributed by atoms with Gasteiger partial charge in [0.15, 0.2) is 0 Å². The number of thiophene rings is 1. The Morgan fingerprint density at radius 2 is 1.45 bits per heavy atom. The van der Waals surface area contributed by atoms with Crippen molar-refractivity contribution in [2.75, 3.05) is 5.73 Å². The Kier molecular flexibility index (Phi) is 6.38. The minimum absolute atomic E-state index is 0.124. The van der Waals surface area contributed by atoms with Gasteiger partial charge in [-0.05, 0) is 71.3 Å². The van der Waals surface area contributed by atoms with Gasteiger partial charge in [-0.1, -0.05) is 78.9 Å². The maximum atomic E-state index is 9.32. The van der Waals surface area contributed by atoms with Crippen molar-refractivity contribution in [1.29, 1.82) is 5.26 Å². The van der Waals surface area contributed by atoms with Crippen molar-refractivity contribution in [1.82, 2.24) is 9.88 Å². The monoisotopic (exact) mass is 584 g/mol. The Morgan fingerprint density at radius 1 is 0.682 bits per heavy atom. The van der Waals surface area contributed by atoms with E-state index in [4.69, 9.17) is 5.73 Å². The third-order valence-corrected chi connectivity index (χ3v) is 9.66. The molecular formula is C39H28N4S. The fraction of sp³-hybridized carbons (Fsp3) is 0.0513.